The zero-order valence-electron chi connectivity index (χ0n) is 7.13. The summed E-state index contributed by atoms with van der Waals surface area (Å²) in [4.78, 5) is 0. The lowest BCUT2D eigenvalue weighted by molar-refractivity contribution is 0.287. The van der Waals surface area contributed by atoms with Crippen LogP contribution in [0.15, 0.2) is 10.6 Å². The average molecular weight is 155 g/mol. The van der Waals surface area contributed by atoms with Crippen LogP contribution in [0.4, 0.5) is 0 Å². The first-order valence-corrected chi connectivity index (χ1v) is 3.83. The van der Waals surface area contributed by atoms with Crippen LogP contribution in [0.5, 0.6) is 5.88 Å². The maximum atomic E-state index is 5.13. The van der Waals surface area contributed by atoms with Gasteiger partial charge in [0.05, 0.1) is 6.61 Å². The van der Waals surface area contributed by atoms with E-state index in [1.165, 1.54) is 0 Å². The van der Waals surface area contributed by atoms with Crippen LogP contribution in [0.1, 0.15) is 32.4 Å². The highest BCUT2D eigenvalue weighted by Crippen LogP contribution is 2.18. The van der Waals surface area contributed by atoms with Crippen molar-refractivity contribution in [3.63, 3.8) is 0 Å². The molecule has 0 aromatic carbocycles. The van der Waals surface area contributed by atoms with E-state index in [4.69, 9.17) is 9.26 Å². The lowest BCUT2D eigenvalue weighted by atomic mass is 10.2. The summed E-state index contributed by atoms with van der Waals surface area (Å²) < 4.78 is 10.1. The zero-order chi connectivity index (χ0) is 8.27. The van der Waals surface area contributed by atoms with Gasteiger partial charge in [-0.25, -0.2) is 0 Å². The van der Waals surface area contributed by atoms with Crippen molar-refractivity contribution in [3.05, 3.63) is 11.8 Å². The molecule has 0 unspecified atom stereocenters. The second kappa shape index (κ2) is 3.42. The van der Waals surface area contributed by atoms with Crippen molar-refractivity contribution in [1.82, 2.24) is 5.16 Å². The van der Waals surface area contributed by atoms with E-state index < -0.39 is 0 Å². The van der Waals surface area contributed by atoms with Gasteiger partial charge >= 0.3 is 0 Å². The predicted octanol–water partition coefficient (Wildman–Crippen LogP) is 2.20. The van der Waals surface area contributed by atoms with Gasteiger partial charge in [-0.15, -0.1) is 0 Å². The van der Waals surface area contributed by atoms with Crippen molar-refractivity contribution >= 4 is 0 Å². The maximum absolute atomic E-state index is 5.13. The molecule has 0 atom stereocenters. The van der Waals surface area contributed by atoms with Crippen LogP contribution in [0.3, 0.4) is 0 Å². The summed E-state index contributed by atoms with van der Waals surface area (Å²) in [7, 11) is 0. The zero-order valence-corrected chi connectivity index (χ0v) is 7.13. The summed E-state index contributed by atoms with van der Waals surface area (Å²) in [6, 6.07) is 1.83. The molecule has 11 heavy (non-hydrogen) atoms. The number of nitrogens with zero attached hydrogens (tertiary/aromatic N) is 1. The number of hydrogen-bond donors (Lipinski definition) is 0. The molecule has 0 radical (unpaired) electrons. The van der Waals surface area contributed by atoms with E-state index in [1.54, 1.807) is 0 Å². The molecular weight excluding hydrogens is 142 g/mol. The molecule has 1 rings (SSSR count). The van der Waals surface area contributed by atoms with E-state index in [2.05, 4.69) is 19.0 Å². The van der Waals surface area contributed by atoms with Gasteiger partial charge in [-0.05, 0) is 12.1 Å². The van der Waals surface area contributed by atoms with E-state index in [-0.39, 0.29) is 0 Å². The van der Waals surface area contributed by atoms with Crippen molar-refractivity contribution in [1.29, 1.82) is 0 Å². The van der Waals surface area contributed by atoms with E-state index in [9.17, 15) is 0 Å². The quantitative estimate of drug-likeness (QED) is 0.671. The Kier molecular flexibility index (Phi) is 2.52. The molecular formula is C8H13NO2. The monoisotopic (exact) mass is 155 g/mol. The predicted molar refractivity (Wildman–Crippen MR) is 41.8 cm³/mol. The van der Waals surface area contributed by atoms with Gasteiger partial charge in [0.15, 0.2) is 0 Å². The van der Waals surface area contributed by atoms with Gasteiger partial charge < -0.3 is 9.26 Å². The van der Waals surface area contributed by atoms with Gasteiger partial charge in [-0.2, -0.15) is 0 Å². The Labute approximate surface area is 66.3 Å². The van der Waals surface area contributed by atoms with Crippen LogP contribution in [0.25, 0.3) is 0 Å². The summed E-state index contributed by atoms with van der Waals surface area (Å²) in [6.45, 7) is 6.65. The topological polar surface area (TPSA) is 35.3 Å². The fourth-order valence-corrected chi connectivity index (χ4v) is 0.760. The second-order valence-electron chi connectivity index (χ2n) is 2.66. The summed E-state index contributed by atoms with van der Waals surface area (Å²) >= 11 is 0. The molecule has 3 heteroatoms. The van der Waals surface area contributed by atoms with Crippen molar-refractivity contribution in [2.24, 2.45) is 0 Å². The second-order valence-corrected chi connectivity index (χ2v) is 2.66. The third-order valence-electron chi connectivity index (χ3n) is 1.37. The van der Waals surface area contributed by atoms with Crippen LogP contribution in [0, 0.1) is 0 Å². The molecule has 0 N–H and O–H groups in total. The molecule has 0 aliphatic heterocycles. The summed E-state index contributed by atoms with van der Waals surface area (Å²) in [5, 5.41) is 3.73. The average Bonchev–Trinajstić information content (AvgIpc) is 2.37. The molecule has 1 aromatic rings. The van der Waals surface area contributed by atoms with Gasteiger partial charge in [0.25, 0.3) is 5.88 Å². The Hall–Kier alpha value is -0.990. The van der Waals surface area contributed by atoms with E-state index in [0.717, 1.165) is 5.76 Å². The lowest BCUT2D eigenvalue weighted by Crippen LogP contribution is -1.90. The standard InChI is InChI=1S/C8H13NO2/c1-4-10-8-5-7(6(2)3)11-9-8/h5-6H,4H2,1-3H3. The van der Waals surface area contributed by atoms with Crippen LogP contribution in [-0.2, 0) is 0 Å². The Morgan fingerprint density at radius 1 is 1.64 bits per heavy atom. The largest absolute Gasteiger partial charge is 0.476 e. The first-order chi connectivity index (χ1) is 5.24. The van der Waals surface area contributed by atoms with E-state index in [1.807, 2.05) is 13.0 Å². The summed E-state index contributed by atoms with van der Waals surface area (Å²) in [5.41, 5.74) is 0. The molecule has 62 valence electrons. The van der Waals surface area contributed by atoms with Gasteiger partial charge in [-0.3, -0.25) is 0 Å². The molecule has 0 saturated heterocycles. The first-order valence-electron chi connectivity index (χ1n) is 3.83. The Morgan fingerprint density at radius 3 is 2.82 bits per heavy atom. The SMILES string of the molecule is CCOc1cc(C(C)C)on1. The highest BCUT2D eigenvalue weighted by Gasteiger charge is 2.07. The minimum Gasteiger partial charge on any atom is -0.476 e. The summed E-state index contributed by atoms with van der Waals surface area (Å²) in [6.07, 6.45) is 0. The van der Waals surface area contributed by atoms with E-state index in [0.29, 0.717) is 18.4 Å². The molecule has 0 amide bonds. The minimum atomic E-state index is 0.372. The van der Waals surface area contributed by atoms with Gasteiger partial charge in [0, 0.05) is 12.0 Å². The van der Waals surface area contributed by atoms with Crippen LogP contribution >= 0.6 is 0 Å². The number of hydrogen-bond acceptors (Lipinski definition) is 3. The molecule has 1 aromatic heterocycles. The third kappa shape index (κ3) is 1.97. The Balaban J connectivity index is 2.66. The highest BCUT2D eigenvalue weighted by molar-refractivity contribution is 5.13. The number of aromatic nitrogens is 1. The molecule has 0 spiro atoms. The molecule has 3 nitrogen and oxygen atoms in total. The molecule has 1 heterocycles. The van der Waals surface area contributed by atoms with Crippen molar-refractivity contribution in [2.75, 3.05) is 6.61 Å². The molecule has 0 bridgehead atoms. The van der Waals surface area contributed by atoms with Gasteiger partial charge in [-0.1, -0.05) is 13.8 Å². The highest BCUT2D eigenvalue weighted by atomic mass is 16.5. The Morgan fingerprint density at radius 2 is 2.36 bits per heavy atom. The van der Waals surface area contributed by atoms with Crippen molar-refractivity contribution < 1.29 is 9.26 Å². The van der Waals surface area contributed by atoms with Crippen LogP contribution in [0.2, 0.25) is 0 Å². The molecule has 0 aliphatic carbocycles. The Bertz CT molecular complexity index is 218. The number of ether oxygens (including phenoxy) is 1. The smallest absolute Gasteiger partial charge is 0.254 e. The molecule has 0 aliphatic rings. The van der Waals surface area contributed by atoms with Crippen LogP contribution < -0.4 is 4.74 Å². The lowest BCUT2D eigenvalue weighted by Gasteiger charge is -1.94. The molecule has 0 saturated carbocycles. The van der Waals surface area contributed by atoms with Gasteiger partial charge in [0.2, 0.25) is 0 Å². The van der Waals surface area contributed by atoms with Crippen LogP contribution in [-0.4, -0.2) is 11.8 Å². The third-order valence-corrected chi connectivity index (χ3v) is 1.37. The normalized spacial score (nSPS) is 10.5. The van der Waals surface area contributed by atoms with Crippen molar-refractivity contribution in [2.45, 2.75) is 26.7 Å². The van der Waals surface area contributed by atoms with Crippen molar-refractivity contribution in [3.8, 4) is 5.88 Å². The number of rotatable bonds is 3. The van der Waals surface area contributed by atoms with E-state index >= 15 is 0 Å². The fraction of sp³-hybridized carbons (Fsp3) is 0.625. The fourth-order valence-electron chi connectivity index (χ4n) is 0.760. The first kappa shape index (κ1) is 8.11. The van der Waals surface area contributed by atoms with Gasteiger partial charge in [0.1, 0.15) is 5.76 Å². The maximum Gasteiger partial charge on any atom is 0.254 e. The summed E-state index contributed by atoms with van der Waals surface area (Å²) in [5.74, 6) is 1.82. The molecule has 0 fully saturated rings. The minimum absolute atomic E-state index is 0.372.